The predicted molar refractivity (Wildman–Crippen MR) is 158 cm³/mol. The van der Waals surface area contributed by atoms with Crippen molar-refractivity contribution in [3.8, 4) is 23.0 Å². The van der Waals surface area contributed by atoms with Crippen LogP contribution in [0.15, 0.2) is 42.5 Å². The summed E-state index contributed by atoms with van der Waals surface area (Å²) < 4.78 is 37.8. The number of aromatic hydroxyl groups is 2. The molecule has 0 radical (unpaired) electrons. The SMILES string of the molecule is COc1ccc(C=CC(=O)OCC2OC(OCCc3ccc(OC)c(O)c3)C(O)C(OC3OC(CO)C(O)C(O)C3O)C2O)cc1O. The molecule has 16 nitrogen and oxygen atoms in total. The van der Waals surface area contributed by atoms with Gasteiger partial charge in [-0.1, -0.05) is 12.1 Å². The van der Waals surface area contributed by atoms with Crippen molar-refractivity contribution in [1.29, 1.82) is 0 Å². The number of carbonyl (C=O) groups is 1. The molecule has 260 valence electrons. The average Bonchev–Trinajstić information content (AvgIpc) is 3.06. The molecule has 8 N–H and O–H groups in total. The van der Waals surface area contributed by atoms with Gasteiger partial charge in [-0.25, -0.2) is 4.79 Å². The lowest BCUT2D eigenvalue weighted by Crippen LogP contribution is -2.65. The van der Waals surface area contributed by atoms with Gasteiger partial charge in [0.2, 0.25) is 0 Å². The summed E-state index contributed by atoms with van der Waals surface area (Å²) >= 11 is 0. The first kappa shape index (κ1) is 36.3. The van der Waals surface area contributed by atoms with E-state index in [2.05, 4.69) is 0 Å². The van der Waals surface area contributed by atoms with E-state index in [4.69, 9.17) is 33.2 Å². The summed E-state index contributed by atoms with van der Waals surface area (Å²) in [6, 6.07) is 9.19. The van der Waals surface area contributed by atoms with E-state index in [0.717, 1.165) is 6.08 Å². The highest BCUT2D eigenvalue weighted by Gasteiger charge is 2.51. The van der Waals surface area contributed by atoms with Crippen LogP contribution < -0.4 is 9.47 Å². The highest BCUT2D eigenvalue weighted by molar-refractivity contribution is 5.87. The van der Waals surface area contributed by atoms with Crippen molar-refractivity contribution in [1.82, 2.24) is 0 Å². The smallest absolute Gasteiger partial charge is 0.330 e. The van der Waals surface area contributed by atoms with Gasteiger partial charge in [0.05, 0.1) is 27.4 Å². The zero-order valence-corrected chi connectivity index (χ0v) is 25.6. The molecule has 10 atom stereocenters. The van der Waals surface area contributed by atoms with E-state index < -0.39 is 80.6 Å². The molecule has 2 aliphatic heterocycles. The molecule has 2 aliphatic rings. The van der Waals surface area contributed by atoms with Gasteiger partial charge in [0.1, 0.15) is 55.4 Å². The summed E-state index contributed by atoms with van der Waals surface area (Å²) in [7, 11) is 2.80. The minimum absolute atomic E-state index is 0.0552. The van der Waals surface area contributed by atoms with Gasteiger partial charge in [-0.3, -0.25) is 0 Å². The number of benzene rings is 2. The lowest BCUT2D eigenvalue weighted by molar-refractivity contribution is -0.360. The molecule has 0 saturated carbocycles. The molecule has 2 aromatic carbocycles. The van der Waals surface area contributed by atoms with Crippen LogP contribution in [-0.4, -0.2) is 142 Å². The number of ether oxygens (including phenoxy) is 7. The van der Waals surface area contributed by atoms with E-state index >= 15 is 0 Å². The number of methoxy groups -OCH3 is 2. The fraction of sp³-hybridized carbons (Fsp3) is 0.516. The number of phenols is 2. The fourth-order valence-corrected chi connectivity index (χ4v) is 5.04. The number of aliphatic hydroxyl groups excluding tert-OH is 6. The van der Waals surface area contributed by atoms with Crippen LogP contribution in [0.4, 0.5) is 0 Å². The van der Waals surface area contributed by atoms with Crippen LogP contribution in [0.1, 0.15) is 11.1 Å². The second-order valence-corrected chi connectivity index (χ2v) is 10.8. The molecule has 47 heavy (non-hydrogen) atoms. The molecular formula is C31H40O16. The Hall–Kier alpha value is -3.55. The van der Waals surface area contributed by atoms with Crippen molar-refractivity contribution in [2.45, 2.75) is 67.8 Å². The molecule has 16 heteroatoms. The zero-order valence-electron chi connectivity index (χ0n) is 25.6. The van der Waals surface area contributed by atoms with Gasteiger partial charge in [0.25, 0.3) is 0 Å². The summed E-state index contributed by atoms with van der Waals surface area (Å²) in [6.45, 7) is -1.34. The van der Waals surface area contributed by atoms with Gasteiger partial charge in [-0.15, -0.1) is 0 Å². The van der Waals surface area contributed by atoms with Gasteiger partial charge >= 0.3 is 5.97 Å². The number of hydrogen-bond acceptors (Lipinski definition) is 16. The first-order chi connectivity index (χ1) is 22.5. The van der Waals surface area contributed by atoms with Gasteiger partial charge in [0.15, 0.2) is 35.6 Å². The van der Waals surface area contributed by atoms with Gasteiger partial charge in [-0.2, -0.15) is 0 Å². The first-order valence-electron chi connectivity index (χ1n) is 14.6. The van der Waals surface area contributed by atoms with Crippen LogP contribution in [0.5, 0.6) is 23.0 Å². The molecule has 2 heterocycles. The molecule has 2 saturated heterocycles. The molecule has 4 rings (SSSR count). The van der Waals surface area contributed by atoms with Gasteiger partial charge in [-0.05, 0) is 47.9 Å². The van der Waals surface area contributed by atoms with Crippen molar-refractivity contribution in [2.75, 3.05) is 34.0 Å². The molecule has 2 aromatic rings. The number of hydrogen-bond donors (Lipinski definition) is 8. The Kier molecular flexibility index (Phi) is 12.8. The van der Waals surface area contributed by atoms with Crippen LogP contribution in [-0.2, 0) is 34.9 Å². The highest BCUT2D eigenvalue weighted by atomic mass is 16.7. The quantitative estimate of drug-likeness (QED) is 0.0900. The number of esters is 1. The second kappa shape index (κ2) is 16.5. The van der Waals surface area contributed by atoms with Crippen LogP contribution in [0.2, 0.25) is 0 Å². The molecule has 2 fully saturated rings. The summed E-state index contributed by atoms with van der Waals surface area (Å²) in [6.07, 6.45) is -13.5. The van der Waals surface area contributed by atoms with Gasteiger partial charge < -0.3 is 74.0 Å². The van der Waals surface area contributed by atoms with Crippen molar-refractivity contribution >= 4 is 12.0 Å². The van der Waals surface area contributed by atoms with E-state index in [1.807, 2.05) is 0 Å². The normalized spacial score (nSPS) is 31.1. The third kappa shape index (κ3) is 8.88. The Morgan fingerprint density at radius 1 is 0.809 bits per heavy atom. The molecule has 0 aromatic heterocycles. The van der Waals surface area contributed by atoms with E-state index in [1.165, 1.54) is 38.5 Å². The number of aliphatic hydroxyl groups is 6. The maximum absolute atomic E-state index is 12.5. The molecule has 0 aliphatic carbocycles. The highest BCUT2D eigenvalue weighted by Crippen LogP contribution is 2.31. The first-order valence-corrected chi connectivity index (χ1v) is 14.6. The van der Waals surface area contributed by atoms with Crippen LogP contribution >= 0.6 is 0 Å². The lowest BCUT2D eigenvalue weighted by Gasteiger charge is -2.46. The Morgan fingerprint density at radius 2 is 1.47 bits per heavy atom. The third-order valence-electron chi connectivity index (χ3n) is 7.70. The Labute approximate surface area is 269 Å². The van der Waals surface area contributed by atoms with Crippen LogP contribution in [0.3, 0.4) is 0 Å². The van der Waals surface area contributed by atoms with Crippen molar-refractivity contribution in [3.63, 3.8) is 0 Å². The average molecular weight is 669 g/mol. The third-order valence-corrected chi connectivity index (χ3v) is 7.70. The number of rotatable bonds is 13. The van der Waals surface area contributed by atoms with Crippen LogP contribution in [0, 0.1) is 0 Å². The lowest BCUT2D eigenvalue weighted by atomic mass is 9.97. The molecular weight excluding hydrogens is 628 g/mol. The summed E-state index contributed by atoms with van der Waals surface area (Å²) in [4.78, 5) is 12.5. The Balaban J connectivity index is 1.45. The second-order valence-electron chi connectivity index (χ2n) is 10.8. The van der Waals surface area contributed by atoms with E-state index in [9.17, 15) is 45.6 Å². The molecule has 10 unspecified atom stereocenters. The maximum atomic E-state index is 12.5. The van der Waals surface area contributed by atoms with Crippen molar-refractivity contribution in [2.24, 2.45) is 0 Å². The minimum Gasteiger partial charge on any atom is -0.504 e. The molecule has 0 amide bonds. The van der Waals surface area contributed by atoms with E-state index in [0.29, 0.717) is 11.1 Å². The van der Waals surface area contributed by atoms with Gasteiger partial charge in [0, 0.05) is 6.08 Å². The van der Waals surface area contributed by atoms with E-state index in [1.54, 1.807) is 18.2 Å². The Morgan fingerprint density at radius 3 is 2.11 bits per heavy atom. The monoisotopic (exact) mass is 668 g/mol. The Bertz CT molecular complexity index is 1350. The number of phenolic OH excluding ortho intramolecular Hbond substituents is 2. The largest absolute Gasteiger partial charge is 0.504 e. The summed E-state index contributed by atoms with van der Waals surface area (Å²) in [5.41, 5.74) is 1.12. The van der Waals surface area contributed by atoms with Crippen molar-refractivity contribution < 1.29 is 78.8 Å². The van der Waals surface area contributed by atoms with Crippen molar-refractivity contribution in [3.05, 3.63) is 53.6 Å². The van der Waals surface area contributed by atoms with E-state index in [-0.39, 0.29) is 36.0 Å². The fourth-order valence-electron chi connectivity index (χ4n) is 5.04. The summed E-state index contributed by atoms with van der Waals surface area (Å²) in [5.74, 6) is -0.548. The molecule has 0 spiro atoms. The maximum Gasteiger partial charge on any atom is 0.330 e. The number of carbonyl (C=O) groups excluding carboxylic acids is 1. The standard InChI is InChI=1S/C31H40O16/c1-41-19-6-3-15(11-17(19)33)5-8-23(35)44-14-22-25(37)29(47-31-27(39)26(38)24(36)21(13-32)45-31)28(40)30(46-22)43-10-9-16-4-7-20(42-2)18(34)12-16/h3-8,11-12,21-22,24-34,36-40H,9-10,13-14H2,1-2H3. The topological polar surface area (TPSA) is 244 Å². The molecule has 0 bridgehead atoms. The minimum atomic E-state index is -1.84. The van der Waals surface area contributed by atoms with Crippen LogP contribution in [0.25, 0.3) is 6.08 Å². The summed E-state index contributed by atoms with van der Waals surface area (Å²) in [5, 5.41) is 82.4. The zero-order chi connectivity index (χ0) is 34.2. The predicted octanol–water partition coefficient (Wildman–Crippen LogP) is -1.44.